The smallest absolute Gasteiger partial charge is 0.126 e. The lowest BCUT2D eigenvalue weighted by molar-refractivity contribution is 0.157. The van der Waals surface area contributed by atoms with Gasteiger partial charge in [-0.05, 0) is 30.5 Å². The quantitative estimate of drug-likeness (QED) is 0.917. The second-order valence-electron chi connectivity index (χ2n) is 4.79. The molecule has 0 bridgehead atoms. The van der Waals surface area contributed by atoms with E-state index in [2.05, 4.69) is 10.2 Å². The summed E-state index contributed by atoms with van der Waals surface area (Å²) in [5.74, 6) is -0.196. The van der Waals surface area contributed by atoms with Gasteiger partial charge in [-0.25, -0.2) is 4.39 Å². The molecule has 0 unspecified atom stereocenters. The number of hydrogen-bond donors (Lipinski definition) is 1. The van der Waals surface area contributed by atoms with E-state index >= 15 is 0 Å². The van der Waals surface area contributed by atoms with E-state index < -0.39 is 0 Å². The molecule has 1 atom stereocenters. The van der Waals surface area contributed by atoms with Crippen molar-refractivity contribution in [2.75, 3.05) is 32.9 Å². The molecule has 0 radical (unpaired) electrons. The van der Waals surface area contributed by atoms with Gasteiger partial charge in [-0.1, -0.05) is 12.1 Å². The molecular formula is C14H21ClF2N2. The van der Waals surface area contributed by atoms with E-state index in [9.17, 15) is 8.78 Å². The summed E-state index contributed by atoms with van der Waals surface area (Å²) in [6.45, 7) is 5.11. The summed E-state index contributed by atoms with van der Waals surface area (Å²) in [5, 5.41) is 3.29. The molecule has 1 aliphatic rings. The highest BCUT2D eigenvalue weighted by molar-refractivity contribution is 5.85. The molecule has 1 fully saturated rings. The average Bonchev–Trinajstić information content (AvgIpc) is 2.40. The molecule has 19 heavy (non-hydrogen) atoms. The molecule has 1 saturated heterocycles. The average molecular weight is 291 g/mol. The van der Waals surface area contributed by atoms with Gasteiger partial charge < -0.3 is 5.32 Å². The molecule has 0 spiro atoms. The van der Waals surface area contributed by atoms with Crippen molar-refractivity contribution in [3.05, 3.63) is 35.1 Å². The van der Waals surface area contributed by atoms with E-state index in [0.717, 1.165) is 31.7 Å². The summed E-state index contributed by atoms with van der Waals surface area (Å²) < 4.78 is 26.0. The topological polar surface area (TPSA) is 15.3 Å². The molecule has 0 aliphatic carbocycles. The minimum atomic E-state index is -0.342. The van der Waals surface area contributed by atoms with E-state index in [-0.39, 0.29) is 30.9 Å². The number of hydrogen-bond acceptors (Lipinski definition) is 2. The van der Waals surface area contributed by atoms with E-state index in [0.29, 0.717) is 12.0 Å². The number of aryl methyl sites for hydroxylation is 1. The number of halogens is 3. The molecule has 1 aromatic carbocycles. The Bertz CT molecular complexity index is 395. The van der Waals surface area contributed by atoms with Crippen molar-refractivity contribution in [3.63, 3.8) is 0 Å². The van der Waals surface area contributed by atoms with Crippen LogP contribution >= 0.6 is 12.4 Å². The summed E-state index contributed by atoms with van der Waals surface area (Å²) in [4.78, 5) is 2.28. The first-order valence-electron chi connectivity index (χ1n) is 6.49. The maximum Gasteiger partial charge on any atom is 0.126 e. The van der Waals surface area contributed by atoms with Crippen molar-refractivity contribution in [1.82, 2.24) is 10.2 Å². The van der Waals surface area contributed by atoms with Gasteiger partial charge in [0.05, 0.1) is 6.67 Å². The van der Waals surface area contributed by atoms with Crippen LogP contribution in [0.25, 0.3) is 0 Å². The normalized spacial score (nSPS) is 17.8. The highest BCUT2D eigenvalue weighted by atomic mass is 35.5. The van der Waals surface area contributed by atoms with Crippen LogP contribution in [-0.4, -0.2) is 37.8 Å². The van der Waals surface area contributed by atoms with E-state index in [4.69, 9.17) is 0 Å². The number of piperazine rings is 1. The number of rotatable bonds is 4. The fourth-order valence-corrected chi connectivity index (χ4v) is 2.53. The highest BCUT2D eigenvalue weighted by Gasteiger charge is 2.22. The number of nitrogens with zero attached hydrogens (tertiary/aromatic N) is 1. The Morgan fingerprint density at radius 3 is 2.58 bits per heavy atom. The molecule has 1 heterocycles. The Hall–Kier alpha value is -0.710. The molecule has 2 rings (SSSR count). The third-order valence-electron chi connectivity index (χ3n) is 3.54. The largest absolute Gasteiger partial charge is 0.314 e. The van der Waals surface area contributed by atoms with E-state index in [1.807, 2.05) is 6.07 Å². The molecule has 1 aliphatic heterocycles. The highest BCUT2D eigenvalue weighted by Crippen LogP contribution is 2.26. The summed E-state index contributed by atoms with van der Waals surface area (Å²) in [6.07, 6.45) is 0.477. The van der Waals surface area contributed by atoms with Crippen LogP contribution < -0.4 is 5.32 Å². The summed E-state index contributed by atoms with van der Waals surface area (Å²) in [6, 6.07) is 5.18. The van der Waals surface area contributed by atoms with Crippen LogP contribution in [-0.2, 0) is 0 Å². The predicted molar refractivity (Wildman–Crippen MR) is 76.2 cm³/mol. The van der Waals surface area contributed by atoms with Crippen LogP contribution in [0.3, 0.4) is 0 Å². The van der Waals surface area contributed by atoms with Crippen LogP contribution in [0.2, 0.25) is 0 Å². The Labute approximate surface area is 119 Å². The van der Waals surface area contributed by atoms with Crippen molar-refractivity contribution in [2.24, 2.45) is 0 Å². The Balaban J connectivity index is 0.00000180. The van der Waals surface area contributed by atoms with Gasteiger partial charge in [0, 0.05) is 32.2 Å². The Morgan fingerprint density at radius 1 is 1.32 bits per heavy atom. The van der Waals surface area contributed by atoms with Crippen molar-refractivity contribution in [2.45, 2.75) is 19.4 Å². The first kappa shape index (κ1) is 16.3. The van der Waals surface area contributed by atoms with Crippen molar-refractivity contribution >= 4 is 12.4 Å². The van der Waals surface area contributed by atoms with Crippen LogP contribution in [0.1, 0.15) is 23.6 Å². The van der Waals surface area contributed by atoms with Gasteiger partial charge in [0.2, 0.25) is 0 Å². The maximum atomic E-state index is 13.3. The van der Waals surface area contributed by atoms with Crippen molar-refractivity contribution in [1.29, 1.82) is 0 Å². The third kappa shape index (κ3) is 4.13. The molecule has 1 aromatic rings. The van der Waals surface area contributed by atoms with Crippen LogP contribution in [0.5, 0.6) is 0 Å². The fourth-order valence-electron chi connectivity index (χ4n) is 2.53. The minimum Gasteiger partial charge on any atom is -0.314 e. The fraction of sp³-hybridized carbons (Fsp3) is 0.571. The number of nitrogens with one attached hydrogen (secondary N) is 1. The molecule has 2 nitrogen and oxygen atoms in total. The summed E-state index contributed by atoms with van der Waals surface area (Å²) in [5.41, 5.74) is 1.65. The zero-order valence-corrected chi connectivity index (χ0v) is 12.0. The van der Waals surface area contributed by atoms with Gasteiger partial charge in [0.1, 0.15) is 5.82 Å². The SMILES string of the molecule is Cc1cc([C@H](CCF)N2CCNCC2)ccc1F.Cl. The molecule has 1 N–H and O–H groups in total. The van der Waals surface area contributed by atoms with E-state index in [1.54, 1.807) is 13.0 Å². The zero-order chi connectivity index (χ0) is 13.0. The van der Waals surface area contributed by atoms with Crippen LogP contribution in [0, 0.1) is 12.7 Å². The minimum absolute atomic E-state index is 0. The molecule has 0 aromatic heterocycles. The lowest BCUT2D eigenvalue weighted by Gasteiger charge is -2.35. The van der Waals surface area contributed by atoms with Gasteiger partial charge in [-0.3, -0.25) is 9.29 Å². The molecular weight excluding hydrogens is 270 g/mol. The summed E-state index contributed by atoms with van der Waals surface area (Å²) in [7, 11) is 0. The molecule has 5 heteroatoms. The summed E-state index contributed by atoms with van der Waals surface area (Å²) >= 11 is 0. The van der Waals surface area contributed by atoms with Gasteiger partial charge in [-0.15, -0.1) is 12.4 Å². The monoisotopic (exact) mass is 290 g/mol. The predicted octanol–water partition coefficient (Wildman–Crippen LogP) is 2.86. The second kappa shape index (κ2) is 7.78. The first-order valence-corrected chi connectivity index (χ1v) is 6.49. The molecule has 0 saturated carbocycles. The lowest BCUT2D eigenvalue weighted by atomic mass is 9.99. The van der Waals surface area contributed by atoms with Crippen molar-refractivity contribution < 1.29 is 8.78 Å². The molecule has 0 amide bonds. The third-order valence-corrected chi connectivity index (χ3v) is 3.54. The van der Waals surface area contributed by atoms with Crippen LogP contribution in [0.4, 0.5) is 8.78 Å². The van der Waals surface area contributed by atoms with Gasteiger partial charge >= 0.3 is 0 Å². The maximum absolute atomic E-state index is 13.3. The lowest BCUT2D eigenvalue weighted by Crippen LogP contribution is -2.45. The molecule has 108 valence electrons. The van der Waals surface area contributed by atoms with Gasteiger partial charge in [0.15, 0.2) is 0 Å². The second-order valence-corrected chi connectivity index (χ2v) is 4.79. The van der Waals surface area contributed by atoms with E-state index in [1.165, 1.54) is 6.07 Å². The number of benzene rings is 1. The van der Waals surface area contributed by atoms with Crippen LogP contribution in [0.15, 0.2) is 18.2 Å². The van der Waals surface area contributed by atoms with Crippen molar-refractivity contribution in [3.8, 4) is 0 Å². The standard InChI is InChI=1S/C14H20F2N2.ClH/c1-11-10-12(2-3-13(11)16)14(4-5-15)18-8-6-17-7-9-18;/h2-3,10,14,17H,4-9H2,1H3;1H/t14-;/m0./s1. The number of alkyl halides is 1. The first-order chi connectivity index (χ1) is 8.72. The Morgan fingerprint density at radius 2 is 2.00 bits per heavy atom. The van der Waals surface area contributed by atoms with Gasteiger partial charge in [-0.2, -0.15) is 0 Å². The van der Waals surface area contributed by atoms with Gasteiger partial charge in [0.25, 0.3) is 0 Å². The zero-order valence-electron chi connectivity index (χ0n) is 11.2. The Kier molecular flexibility index (Phi) is 6.69.